The van der Waals surface area contributed by atoms with Crippen LogP contribution in [0.5, 0.6) is 5.75 Å². The summed E-state index contributed by atoms with van der Waals surface area (Å²) in [5.74, 6) is 0.297. The number of hydrogen-bond donors (Lipinski definition) is 0. The average Bonchev–Trinajstić information content (AvgIpc) is 3.11. The lowest BCUT2D eigenvalue weighted by molar-refractivity contribution is -0.138. The number of nitrogens with zero attached hydrogens (tertiary/aromatic N) is 6. The Morgan fingerprint density at radius 1 is 1.13 bits per heavy atom. The van der Waals surface area contributed by atoms with Crippen molar-refractivity contribution in [1.29, 1.82) is 5.26 Å². The van der Waals surface area contributed by atoms with Crippen LogP contribution in [-0.4, -0.2) is 77.7 Å². The maximum Gasteiger partial charge on any atom is 0.419 e. The minimum atomic E-state index is -4.80. The molecular weight excluding hydrogens is 517 g/mol. The predicted molar refractivity (Wildman–Crippen MR) is 139 cm³/mol. The molecule has 3 aliphatic rings. The number of halogens is 3. The number of hydrogen-bond acceptors (Lipinski definition) is 7. The fraction of sp³-hybridized carbons (Fsp3) is 0.462. The van der Waals surface area contributed by atoms with Gasteiger partial charge in [-0.15, -0.1) is 0 Å². The predicted octanol–water partition coefficient (Wildman–Crippen LogP) is 3.66. The van der Waals surface area contributed by atoms with E-state index in [1.165, 1.54) is 6.07 Å². The Kier molecular flexibility index (Phi) is 7.02. The second kappa shape index (κ2) is 10.1. The van der Waals surface area contributed by atoms with E-state index in [9.17, 15) is 18.0 Å². The molecule has 1 aromatic heterocycles. The first kappa shape index (κ1) is 26.3. The average molecular weight is 545 g/mol. The minimum absolute atomic E-state index is 0.0815. The van der Waals surface area contributed by atoms with Crippen LogP contribution >= 0.6 is 12.2 Å². The van der Waals surface area contributed by atoms with Gasteiger partial charge in [0.2, 0.25) is 0 Å². The Balaban J connectivity index is 1.34. The van der Waals surface area contributed by atoms with E-state index in [4.69, 9.17) is 22.2 Å². The summed E-state index contributed by atoms with van der Waals surface area (Å²) in [6.45, 7) is 5.48. The minimum Gasteiger partial charge on any atom is -0.492 e. The Morgan fingerprint density at radius 3 is 2.39 bits per heavy atom. The molecule has 3 heterocycles. The van der Waals surface area contributed by atoms with Crippen LogP contribution in [0, 0.1) is 11.3 Å². The van der Waals surface area contributed by atoms with Crippen LogP contribution in [0.15, 0.2) is 36.5 Å². The topological polar surface area (TPSA) is 75.9 Å². The van der Waals surface area contributed by atoms with E-state index in [1.807, 2.05) is 24.3 Å². The molecule has 0 unspecified atom stereocenters. The number of likely N-dealkylation sites (N-methyl/N-ethyl adjacent to an activating group) is 1. The molecule has 0 atom stereocenters. The maximum atomic E-state index is 13.6. The van der Waals surface area contributed by atoms with Crippen LogP contribution in [0.2, 0.25) is 0 Å². The first-order valence-electron chi connectivity index (χ1n) is 12.4. The van der Waals surface area contributed by atoms with E-state index in [1.54, 1.807) is 4.90 Å². The van der Waals surface area contributed by atoms with Gasteiger partial charge in [0.15, 0.2) is 10.8 Å². The van der Waals surface area contributed by atoms with Gasteiger partial charge in [0.1, 0.15) is 24.0 Å². The van der Waals surface area contributed by atoms with E-state index >= 15 is 0 Å². The molecule has 1 aromatic carbocycles. The highest BCUT2D eigenvalue weighted by Gasteiger charge is 2.59. The highest BCUT2D eigenvalue weighted by atomic mass is 32.1. The Hall–Kier alpha value is -3.27. The fourth-order valence-electron chi connectivity index (χ4n) is 5.14. The molecule has 1 saturated carbocycles. The number of aromatic nitrogens is 1. The summed E-state index contributed by atoms with van der Waals surface area (Å²) in [6, 6.07) is 9.48. The fourth-order valence-corrected chi connectivity index (χ4v) is 5.61. The van der Waals surface area contributed by atoms with Crippen LogP contribution < -0.4 is 14.5 Å². The molecule has 38 heavy (non-hydrogen) atoms. The van der Waals surface area contributed by atoms with Crippen molar-refractivity contribution in [2.75, 3.05) is 56.2 Å². The molecule has 1 aliphatic carbocycles. The summed E-state index contributed by atoms with van der Waals surface area (Å²) in [6.07, 6.45) is -1.85. The molecule has 0 radical (unpaired) electrons. The smallest absolute Gasteiger partial charge is 0.419 e. The number of carbonyl (C=O) groups is 1. The molecule has 2 aliphatic heterocycles. The summed E-state index contributed by atoms with van der Waals surface area (Å²) in [4.78, 5) is 24.8. The highest BCUT2D eigenvalue weighted by molar-refractivity contribution is 7.81. The lowest BCUT2D eigenvalue weighted by Crippen LogP contribution is -2.55. The number of nitriles is 1. The number of ether oxygens (including phenoxy) is 1. The van der Waals surface area contributed by atoms with Crippen molar-refractivity contribution < 1.29 is 22.7 Å². The van der Waals surface area contributed by atoms with Gasteiger partial charge in [-0.2, -0.15) is 18.4 Å². The second-order valence-electron chi connectivity index (χ2n) is 9.83. The van der Waals surface area contributed by atoms with Crippen molar-refractivity contribution in [2.45, 2.75) is 31.0 Å². The zero-order chi connectivity index (χ0) is 27.1. The molecular formula is C26H27F3N6O2S. The number of pyridine rings is 1. The number of anilines is 2. The molecule has 0 bridgehead atoms. The normalized spacial score (nSPS) is 20.1. The van der Waals surface area contributed by atoms with Gasteiger partial charge in [0.05, 0.1) is 17.4 Å². The molecule has 200 valence electrons. The lowest BCUT2D eigenvalue weighted by atomic mass is 9.75. The quantitative estimate of drug-likeness (QED) is 0.511. The van der Waals surface area contributed by atoms with Crippen LogP contribution in [0.4, 0.5) is 24.5 Å². The second-order valence-corrected chi connectivity index (χ2v) is 10.2. The van der Waals surface area contributed by atoms with Crippen molar-refractivity contribution in [3.05, 3.63) is 47.8 Å². The first-order valence-corrected chi connectivity index (χ1v) is 12.8. The van der Waals surface area contributed by atoms with Crippen molar-refractivity contribution in [1.82, 2.24) is 14.8 Å². The molecule has 1 amide bonds. The molecule has 1 spiro atoms. The third-order valence-electron chi connectivity index (χ3n) is 7.50. The van der Waals surface area contributed by atoms with Crippen LogP contribution in [0.25, 0.3) is 0 Å². The number of carbonyl (C=O) groups excluding carboxylic acids is 1. The number of alkyl halides is 3. The number of rotatable bonds is 6. The molecule has 3 fully saturated rings. The highest BCUT2D eigenvalue weighted by Crippen LogP contribution is 2.48. The maximum absolute atomic E-state index is 13.6. The van der Waals surface area contributed by atoms with Gasteiger partial charge in [0.25, 0.3) is 5.91 Å². The van der Waals surface area contributed by atoms with Crippen LogP contribution in [0.1, 0.15) is 30.5 Å². The summed E-state index contributed by atoms with van der Waals surface area (Å²) in [5, 5.41) is 9.16. The summed E-state index contributed by atoms with van der Waals surface area (Å²) >= 11 is 5.65. The van der Waals surface area contributed by atoms with Crippen molar-refractivity contribution in [3.63, 3.8) is 0 Å². The monoisotopic (exact) mass is 544 g/mol. The Labute approximate surface area is 224 Å². The zero-order valence-electron chi connectivity index (χ0n) is 20.9. The Morgan fingerprint density at radius 2 is 1.82 bits per heavy atom. The molecule has 8 nitrogen and oxygen atoms in total. The van der Waals surface area contributed by atoms with E-state index < -0.39 is 23.0 Å². The van der Waals surface area contributed by atoms with E-state index in [0.717, 1.165) is 56.3 Å². The summed E-state index contributed by atoms with van der Waals surface area (Å²) in [7, 11) is 2.11. The summed E-state index contributed by atoms with van der Waals surface area (Å²) in [5.41, 5.74) is -2.35. The third kappa shape index (κ3) is 4.70. The molecule has 5 rings (SSSR count). The molecule has 2 saturated heterocycles. The van der Waals surface area contributed by atoms with E-state index in [2.05, 4.69) is 21.8 Å². The largest absolute Gasteiger partial charge is 0.492 e. The van der Waals surface area contributed by atoms with E-state index in [0.29, 0.717) is 30.9 Å². The van der Waals surface area contributed by atoms with Gasteiger partial charge in [-0.3, -0.25) is 14.6 Å². The van der Waals surface area contributed by atoms with Gasteiger partial charge in [-0.05, 0) is 68.9 Å². The van der Waals surface area contributed by atoms with Gasteiger partial charge in [-0.25, -0.2) is 4.98 Å². The summed E-state index contributed by atoms with van der Waals surface area (Å²) < 4.78 is 46.6. The van der Waals surface area contributed by atoms with Gasteiger partial charge < -0.3 is 14.5 Å². The van der Waals surface area contributed by atoms with Crippen LogP contribution in [-0.2, 0) is 11.0 Å². The SMILES string of the molecule is CN1CCN(CCOc2ccc(N3C(=S)N(c4cnc(C#N)c(C(F)(F)F)c4)C(=O)C34CCC4)cc2)CC1. The number of thiocarbonyl (C=S) groups is 1. The number of piperazine rings is 1. The molecule has 2 aromatic rings. The number of amides is 1. The van der Waals surface area contributed by atoms with Crippen molar-refractivity contribution >= 4 is 34.6 Å². The van der Waals surface area contributed by atoms with Gasteiger partial charge in [-0.1, -0.05) is 0 Å². The standard InChI is InChI=1S/C26H27F3N6O2S/c1-32-9-11-33(12-10-32)13-14-37-20-5-3-18(4-6-20)35-24(38)34(23(36)25(35)7-2-8-25)19-15-21(26(27,28)29)22(16-30)31-17-19/h3-6,15,17H,2,7-14H2,1H3. The third-order valence-corrected chi connectivity index (χ3v) is 7.87. The molecule has 12 heteroatoms. The first-order chi connectivity index (χ1) is 18.1. The van der Waals surface area contributed by atoms with Crippen molar-refractivity contribution in [2.24, 2.45) is 0 Å². The van der Waals surface area contributed by atoms with Gasteiger partial charge >= 0.3 is 6.18 Å². The van der Waals surface area contributed by atoms with Crippen LogP contribution in [0.3, 0.4) is 0 Å². The lowest BCUT2D eigenvalue weighted by Gasteiger charge is -2.43. The Bertz CT molecular complexity index is 1270. The number of benzene rings is 1. The van der Waals surface area contributed by atoms with Crippen molar-refractivity contribution in [3.8, 4) is 11.8 Å². The van der Waals surface area contributed by atoms with Gasteiger partial charge in [0, 0.05) is 38.4 Å². The zero-order valence-corrected chi connectivity index (χ0v) is 21.7. The molecule has 0 N–H and O–H groups in total. The van der Waals surface area contributed by atoms with E-state index in [-0.39, 0.29) is 16.7 Å².